The molecule has 7 heteroatoms. The first kappa shape index (κ1) is 16.7. The van der Waals surface area contributed by atoms with Gasteiger partial charge in [0.05, 0.1) is 5.69 Å². The summed E-state index contributed by atoms with van der Waals surface area (Å²) in [5.74, 6) is -0.408. The van der Waals surface area contributed by atoms with Gasteiger partial charge in [-0.1, -0.05) is 5.16 Å². The van der Waals surface area contributed by atoms with Crippen molar-refractivity contribution >= 4 is 17.5 Å². The van der Waals surface area contributed by atoms with Gasteiger partial charge in [0.15, 0.2) is 0 Å². The zero-order valence-corrected chi connectivity index (χ0v) is 13.1. The molecule has 7 nitrogen and oxygen atoms in total. The van der Waals surface area contributed by atoms with Crippen LogP contribution < -0.4 is 10.6 Å². The number of rotatable bonds is 7. The van der Waals surface area contributed by atoms with Crippen molar-refractivity contribution in [3.8, 4) is 0 Å². The molecule has 0 unspecified atom stereocenters. The maximum absolute atomic E-state index is 11.9. The number of benzene rings is 1. The minimum absolute atomic E-state index is 0.141. The maximum atomic E-state index is 11.9. The molecule has 0 aliphatic heterocycles. The molecule has 0 spiro atoms. The molecule has 0 radical (unpaired) electrons. The summed E-state index contributed by atoms with van der Waals surface area (Å²) >= 11 is 0. The van der Waals surface area contributed by atoms with Crippen molar-refractivity contribution in [2.45, 2.75) is 13.3 Å². The van der Waals surface area contributed by atoms with Gasteiger partial charge in [-0.2, -0.15) is 0 Å². The Morgan fingerprint density at radius 1 is 1.22 bits per heavy atom. The van der Waals surface area contributed by atoms with Crippen molar-refractivity contribution in [3.63, 3.8) is 0 Å². The van der Waals surface area contributed by atoms with E-state index in [1.54, 1.807) is 44.4 Å². The van der Waals surface area contributed by atoms with E-state index in [4.69, 9.17) is 9.26 Å². The summed E-state index contributed by atoms with van der Waals surface area (Å²) in [6, 6.07) is 8.16. The first-order chi connectivity index (χ1) is 11.1. The molecule has 0 aliphatic carbocycles. The van der Waals surface area contributed by atoms with Gasteiger partial charge in [0.25, 0.3) is 11.8 Å². The number of aromatic nitrogens is 1. The highest BCUT2D eigenvalue weighted by Gasteiger charge is 2.12. The second-order valence-electron chi connectivity index (χ2n) is 4.97. The fraction of sp³-hybridized carbons (Fsp3) is 0.312. The number of nitrogens with one attached hydrogen (secondary N) is 2. The molecule has 1 heterocycles. The first-order valence-electron chi connectivity index (χ1n) is 7.22. The van der Waals surface area contributed by atoms with Crippen LogP contribution in [0.25, 0.3) is 0 Å². The summed E-state index contributed by atoms with van der Waals surface area (Å²) in [6.07, 6.45) is 0.757. The van der Waals surface area contributed by atoms with Crippen molar-refractivity contribution in [3.05, 3.63) is 47.3 Å². The largest absolute Gasteiger partial charge is 0.385 e. The van der Waals surface area contributed by atoms with Crippen molar-refractivity contribution in [1.82, 2.24) is 10.5 Å². The molecule has 1 aromatic carbocycles. The number of aryl methyl sites for hydroxylation is 1. The van der Waals surface area contributed by atoms with E-state index in [1.165, 1.54) is 0 Å². The van der Waals surface area contributed by atoms with Crippen LogP contribution in [0.2, 0.25) is 0 Å². The minimum Gasteiger partial charge on any atom is -0.385 e. The lowest BCUT2D eigenvalue weighted by atomic mass is 10.2. The highest BCUT2D eigenvalue weighted by molar-refractivity contribution is 6.02. The normalized spacial score (nSPS) is 10.3. The van der Waals surface area contributed by atoms with Crippen molar-refractivity contribution in [1.29, 1.82) is 0 Å². The molecule has 2 N–H and O–H groups in total. The standard InChI is InChI=1S/C16H19N3O4/c1-11-10-14(23-19-11)16(21)18-13-6-4-12(5-7-13)15(20)17-8-3-9-22-2/h4-7,10H,3,8-9H2,1-2H3,(H,17,20)(H,18,21). The number of hydrogen-bond donors (Lipinski definition) is 2. The molecule has 2 aromatic rings. The van der Waals surface area contributed by atoms with E-state index in [-0.39, 0.29) is 17.6 Å². The van der Waals surface area contributed by atoms with E-state index in [2.05, 4.69) is 15.8 Å². The van der Waals surface area contributed by atoms with E-state index in [1.807, 2.05) is 0 Å². The maximum Gasteiger partial charge on any atom is 0.294 e. The van der Waals surface area contributed by atoms with Gasteiger partial charge < -0.3 is 19.9 Å². The lowest BCUT2D eigenvalue weighted by molar-refractivity contribution is 0.0947. The number of ether oxygens (including phenoxy) is 1. The summed E-state index contributed by atoms with van der Waals surface area (Å²) in [4.78, 5) is 23.8. The highest BCUT2D eigenvalue weighted by atomic mass is 16.5. The topological polar surface area (TPSA) is 93.5 Å². The molecule has 2 rings (SSSR count). The Labute approximate surface area is 134 Å². The van der Waals surface area contributed by atoms with Crippen LogP contribution in [-0.2, 0) is 4.74 Å². The zero-order valence-electron chi connectivity index (χ0n) is 13.1. The average molecular weight is 317 g/mol. The van der Waals surface area contributed by atoms with Crippen LogP contribution >= 0.6 is 0 Å². The third-order valence-corrected chi connectivity index (χ3v) is 3.07. The molecule has 1 aromatic heterocycles. The number of carbonyl (C=O) groups is 2. The fourth-order valence-electron chi connectivity index (χ4n) is 1.89. The monoisotopic (exact) mass is 317 g/mol. The molecule has 23 heavy (non-hydrogen) atoms. The molecule has 0 fully saturated rings. The predicted octanol–water partition coefficient (Wildman–Crippen LogP) is 2.00. The van der Waals surface area contributed by atoms with Gasteiger partial charge in [-0.15, -0.1) is 0 Å². The van der Waals surface area contributed by atoms with Crippen molar-refractivity contribution < 1.29 is 18.8 Å². The van der Waals surface area contributed by atoms with Gasteiger partial charge in [0.2, 0.25) is 5.76 Å². The lowest BCUT2D eigenvalue weighted by Gasteiger charge is -2.06. The summed E-state index contributed by atoms with van der Waals surface area (Å²) in [5, 5.41) is 9.13. The average Bonchev–Trinajstić information content (AvgIpc) is 2.99. The fourth-order valence-corrected chi connectivity index (χ4v) is 1.89. The Bertz CT molecular complexity index is 664. The first-order valence-corrected chi connectivity index (χ1v) is 7.22. The van der Waals surface area contributed by atoms with Crippen LogP contribution in [0.1, 0.15) is 33.0 Å². The Morgan fingerprint density at radius 3 is 2.57 bits per heavy atom. The molecular weight excluding hydrogens is 298 g/mol. The number of hydrogen-bond acceptors (Lipinski definition) is 5. The Morgan fingerprint density at radius 2 is 1.96 bits per heavy atom. The van der Waals surface area contributed by atoms with Crippen LogP contribution in [0.3, 0.4) is 0 Å². The van der Waals surface area contributed by atoms with Gasteiger partial charge >= 0.3 is 0 Å². The summed E-state index contributed by atoms with van der Waals surface area (Å²) in [5.41, 5.74) is 1.73. The minimum atomic E-state index is -0.387. The molecule has 0 atom stereocenters. The number of carbonyl (C=O) groups excluding carboxylic acids is 2. The molecule has 2 amide bonds. The van der Waals surface area contributed by atoms with Crippen molar-refractivity contribution in [2.24, 2.45) is 0 Å². The number of amides is 2. The number of anilines is 1. The molecule has 0 aliphatic rings. The van der Waals surface area contributed by atoms with Crippen LogP contribution in [0.4, 0.5) is 5.69 Å². The molecule has 122 valence electrons. The van der Waals surface area contributed by atoms with E-state index >= 15 is 0 Å². The smallest absolute Gasteiger partial charge is 0.294 e. The summed E-state index contributed by atoms with van der Waals surface area (Å²) < 4.78 is 9.80. The lowest BCUT2D eigenvalue weighted by Crippen LogP contribution is -2.25. The van der Waals surface area contributed by atoms with Gasteiger partial charge in [-0.3, -0.25) is 9.59 Å². The summed E-state index contributed by atoms with van der Waals surface area (Å²) in [6.45, 7) is 2.89. The van der Waals surface area contributed by atoms with Gasteiger partial charge in [0.1, 0.15) is 0 Å². The zero-order chi connectivity index (χ0) is 16.7. The second-order valence-corrected chi connectivity index (χ2v) is 4.97. The van der Waals surface area contributed by atoms with Gasteiger partial charge in [-0.25, -0.2) is 0 Å². The second kappa shape index (κ2) is 8.09. The number of nitrogens with zero attached hydrogens (tertiary/aromatic N) is 1. The van der Waals surface area contributed by atoms with Crippen LogP contribution in [0.5, 0.6) is 0 Å². The number of methoxy groups -OCH3 is 1. The van der Waals surface area contributed by atoms with Crippen molar-refractivity contribution in [2.75, 3.05) is 25.6 Å². The third-order valence-electron chi connectivity index (χ3n) is 3.07. The van der Waals surface area contributed by atoms with E-state index in [9.17, 15) is 9.59 Å². The van der Waals surface area contributed by atoms with E-state index in [0.29, 0.717) is 30.1 Å². The Balaban J connectivity index is 1.89. The van der Waals surface area contributed by atoms with Gasteiger partial charge in [-0.05, 0) is 37.6 Å². The molecule has 0 saturated carbocycles. The van der Waals surface area contributed by atoms with Gasteiger partial charge in [0, 0.05) is 37.6 Å². The molecule has 0 saturated heterocycles. The molecule has 0 bridgehead atoms. The highest BCUT2D eigenvalue weighted by Crippen LogP contribution is 2.12. The quantitative estimate of drug-likeness (QED) is 0.762. The molecular formula is C16H19N3O4. The SMILES string of the molecule is COCCCNC(=O)c1ccc(NC(=O)c2cc(C)no2)cc1. The Hall–Kier alpha value is -2.67. The Kier molecular flexibility index (Phi) is 5.87. The van der Waals surface area contributed by atoms with Crippen LogP contribution in [0.15, 0.2) is 34.9 Å². The third kappa shape index (κ3) is 4.93. The van der Waals surface area contributed by atoms with Crippen LogP contribution in [-0.4, -0.2) is 37.2 Å². The summed E-state index contributed by atoms with van der Waals surface area (Å²) in [7, 11) is 1.62. The predicted molar refractivity (Wildman–Crippen MR) is 84.5 cm³/mol. The van der Waals surface area contributed by atoms with Crippen LogP contribution in [0, 0.1) is 6.92 Å². The van der Waals surface area contributed by atoms with E-state index in [0.717, 1.165) is 6.42 Å². The van der Waals surface area contributed by atoms with E-state index < -0.39 is 0 Å².